The number of aliphatic hydroxyl groups excluding tert-OH is 1. The Bertz CT molecular complexity index is 991. The number of nitrogens with one attached hydrogen (secondary N) is 2. The van der Waals surface area contributed by atoms with Gasteiger partial charge in [-0.2, -0.15) is 0 Å². The van der Waals surface area contributed by atoms with Crippen LogP contribution in [0.5, 0.6) is 0 Å². The molecule has 0 unspecified atom stereocenters. The Balaban J connectivity index is 1.78. The van der Waals surface area contributed by atoms with Gasteiger partial charge in [-0.15, -0.1) is 0 Å². The van der Waals surface area contributed by atoms with Gasteiger partial charge in [-0.05, 0) is 55.5 Å². The lowest BCUT2D eigenvalue weighted by molar-refractivity contribution is -0.117. The molecule has 1 aliphatic heterocycles. The first-order chi connectivity index (χ1) is 14.9. The van der Waals surface area contributed by atoms with Crippen LogP contribution in [0.1, 0.15) is 54.5 Å². The lowest BCUT2D eigenvalue weighted by Crippen LogP contribution is -2.51. The number of carbonyl (C=O) groups excluding carboxylic acids is 2. The zero-order chi connectivity index (χ0) is 22.1. The van der Waals surface area contributed by atoms with E-state index in [0.717, 1.165) is 29.9 Å². The minimum absolute atomic E-state index is 0.0128. The van der Waals surface area contributed by atoms with Crippen molar-refractivity contribution in [1.29, 1.82) is 0 Å². The molecule has 2 heterocycles. The molecule has 0 saturated heterocycles. The second kappa shape index (κ2) is 8.63. The molecule has 0 bridgehead atoms. The molecule has 1 fully saturated rings. The maximum atomic E-state index is 12.7. The van der Waals surface area contributed by atoms with Crippen LogP contribution in [0.4, 0.5) is 11.5 Å². The lowest BCUT2D eigenvalue weighted by atomic mass is 9.79. The molecule has 164 valence electrons. The molecule has 4 rings (SSSR count). The number of aryl methyl sites for hydroxylation is 1. The predicted octanol–water partition coefficient (Wildman–Crippen LogP) is 2.44. The Morgan fingerprint density at radius 1 is 1.26 bits per heavy atom. The van der Waals surface area contributed by atoms with Crippen LogP contribution >= 0.6 is 0 Å². The van der Waals surface area contributed by atoms with Gasteiger partial charge in [-0.25, -0.2) is 9.97 Å². The predicted molar refractivity (Wildman–Crippen MR) is 118 cm³/mol. The van der Waals surface area contributed by atoms with Crippen molar-refractivity contribution < 1.29 is 14.7 Å². The Morgan fingerprint density at radius 3 is 2.68 bits per heavy atom. The highest BCUT2D eigenvalue weighted by Crippen LogP contribution is 2.50. The third-order valence-electron chi connectivity index (χ3n) is 6.17. The summed E-state index contributed by atoms with van der Waals surface area (Å²) in [7, 11) is 0. The topological polar surface area (TPSA) is 107 Å². The first kappa shape index (κ1) is 21.2. The van der Waals surface area contributed by atoms with Gasteiger partial charge in [-0.1, -0.05) is 6.92 Å². The third kappa shape index (κ3) is 4.25. The van der Waals surface area contributed by atoms with Crippen molar-refractivity contribution in [2.45, 2.75) is 45.7 Å². The van der Waals surface area contributed by atoms with Gasteiger partial charge in [0.15, 0.2) is 0 Å². The third-order valence-corrected chi connectivity index (χ3v) is 6.17. The second-order valence-corrected chi connectivity index (χ2v) is 8.44. The van der Waals surface area contributed by atoms with Crippen LogP contribution in [0.15, 0.2) is 30.5 Å². The van der Waals surface area contributed by atoms with Crippen molar-refractivity contribution in [2.75, 3.05) is 23.4 Å². The number of fused-ring (bicyclic) bond motifs is 1. The van der Waals surface area contributed by atoms with E-state index in [1.54, 1.807) is 19.2 Å². The van der Waals surface area contributed by atoms with Crippen molar-refractivity contribution in [2.24, 2.45) is 11.8 Å². The van der Waals surface area contributed by atoms with Gasteiger partial charge in [0, 0.05) is 42.9 Å². The summed E-state index contributed by atoms with van der Waals surface area (Å²) in [6, 6.07) is 7.28. The molecule has 0 radical (unpaired) electrons. The Hall–Kier alpha value is -3.00. The molecule has 1 aromatic heterocycles. The second-order valence-electron chi connectivity index (χ2n) is 8.44. The molecule has 2 amide bonds. The molecule has 8 heteroatoms. The summed E-state index contributed by atoms with van der Waals surface area (Å²) in [5.41, 5.74) is 2.23. The molecule has 3 atom stereocenters. The molecular weight excluding hydrogens is 394 g/mol. The fourth-order valence-corrected chi connectivity index (χ4v) is 4.67. The average molecular weight is 424 g/mol. The highest BCUT2D eigenvalue weighted by atomic mass is 16.3. The summed E-state index contributed by atoms with van der Waals surface area (Å²) < 4.78 is 0. The Kier molecular flexibility index (Phi) is 5.91. The van der Waals surface area contributed by atoms with E-state index >= 15 is 0 Å². The zero-order valence-electron chi connectivity index (χ0n) is 18.1. The number of anilines is 2. The molecule has 3 N–H and O–H groups in total. The summed E-state index contributed by atoms with van der Waals surface area (Å²) in [4.78, 5) is 35.8. The lowest BCUT2D eigenvalue weighted by Gasteiger charge is -2.46. The number of benzene rings is 1. The van der Waals surface area contributed by atoms with Crippen molar-refractivity contribution in [1.82, 2.24) is 15.3 Å². The molecule has 1 saturated carbocycles. The number of amides is 2. The Morgan fingerprint density at radius 2 is 2.03 bits per heavy atom. The van der Waals surface area contributed by atoms with Crippen LogP contribution in [0.25, 0.3) is 0 Å². The molecule has 1 aromatic carbocycles. The average Bonchev–Trinajstić information content (AvgIpc) is 3.58. The monoisotopic (exact) mass is 423 g/mol. The number of hydrogen-bond donors (Lipinski definition) is 3. The molecule has 8 nitrogen and oxygen atoms in total. The summed E-state index contributed by atoms with van der Waals surface area (Å²) in [6.07, 6.45) is 3.96. The van der Waals surface area contributed by atoms with Gasteiger partial charge in [0.05, 0.1) is 12.6 Å². The maximum Gasteiger partial charge on any atom is 0.251 e. The van der Waals surface area contributed by atoms with E-state index in [1.807, 2.05) is 30.0 Å². The van der Waals surface area contributed by atoms with Crippen molar-refractivity contribution >= 4 is 23.3 Å². The fourth-order valence-electron chi connectivity index (χ4n) is 4.67. The van der Waals surface area contributed by atoms with Crippen LogP contribution in [-0.4, -0.2) is 46.1 Å². The fraction of sp³-hybridized carbons (Fsp3) is 0.478. The van der Waals surface area contributed by atoms with Gasteiger partial charge in [0.25, 0.3) is 5.91 Å². The largest absolute Gasteiger partial charge is 0.395 e. The van der Waals surface area contributed by atoms with E-state index in [2.05, 4.69) is 27.5 Å². The molecule has 2 aliphatic rings. The summed E-state index contributed by atoms with van der Waals surface area (Å²) >= 11 is 0. The highest BCUT2D eigenvalue weighted by Gasteiger charge is 2.47. The number of rotatable bonds is 6. The van der Waals surface area contributed by atoms with Crippen molar-refractivity contribution in [3.05, 3.63) is 47.4 Å². The van der Waals surface area contributed by atoms with Crippen LogP contribution < -0.4 is 15.5 Å². The van der Waals surface area contributed by atoms with Gasteiger partial charge in [0.1, 0.15) is 11.6 Å². The number of hydrogen-bond acceptors (Lipinski definition) is 6. The first-order valence-corrected chi connectivity index (χ1v) is 10.8. The van der Waals surface area contributed by atoms with Crippen molar-refractivity contribution in [3.8, 4) is 0 Å². The van der Waals surface area contributed by atoms with E-state index in [4.69, 9.17) is 5.11 Å². The van der Waals surface area contributed by atoms with Crippen LogP contribution in [0, 0.1) is 18.8 Å². The maximum absolute atomic E-state index is 12.7. The van der Waals surface area contributed by atoms with E-state index in [-0.39, 0.29) is 43.0 Å². The highest BCUT2D eigenvalue weighted by molar-refractivity contribution is 5.98. The summed E-state index contributed by atoms with van der Waals surface area (Å²) in [5.74, 6) is 1.76. The van der Waals surface area contributed by atoms with Gasteiger partial charge >= 0.3 is 0 Å². The van der Waals surface area contributed by atoms with Crippen molar-refractivity contribution in [3.63, 3.8) is 0 Å². The zero-order valence-corrected chi connectivity index (χ0v) is 18.1. The normalized spacial score (nSPS) is 22.6. The molecule has 1 aliphatic carbocycles. The quantitative estimate of drug-likeness (QED) is 0.659. The summed E-state index contributed by atoms with van der Waals surface area (Å²) in [5, 5.41) is 15.3. The smallest absolute Gasteiger partial charge is 0.251 e. The number of aromatic nitrogens is 2. The number of carbonyl (C=O) groups is 2. The molecular formula is C23H29N5O3. The van der Waals surface area contributed by atoms with Gasteiger partial charge in [-0.3, -0.25) is 9.59 Å². The SMILES string of the molecule is CC(=O)N1c2ccc(C(=O)NCCO)cc2[C@H](Nc2ccnc(C)n2)[C@@H](C)[C@@H]1C1CC1. The van der Waals surface area contributed by atoms with Gasteiger partial charge < -0.3 is 20.6 Å². The minimum atomic E-state index is -0.250. The standard InChI is InChI=1S/C23H29N5O3/c1-13-21(27-20-8-9-24-14(2)26-20)18-12-17(23(31)25-10-11-29)6-7-19(18)28(15(3)30)22(13)16-4-5-16/h6-9,12-13,16,21-22,29H,4-5,10-11H2,1-3H3,(H,25,31)(H,24,26,27)/t13-,21-,22-/m1/s1. The molecule has 31 heavy (non-hydrogen) atoms. The number of aliphatic hydroxyl groups is 1. The van der Waals surface area contributed by atoms with E-state index in [1.165, 1.54) is 0 Å². The van der Waals surface area contributed by atoms with Gasteiger partial charge in [0.2, 0.25) is 5.91 Å². The Labute approximate surface area is 182 Å². The minimum Gasteiger partial charge on any atom is -0.395 e. The summed E-state index contributed by atoms with van der Waals surface area (Å²) in [6.45, 7) is 5.68. The molecule has 0 spiro atoms. The first-order valence-electron chi connectivity index (χ1n) is 10.8. The van der Waals surface area contributed by atoms with Crippen LogP contribution in [-0.2, 0) is 4.79 Å². The molecule has 2 aromatic rings. The van der Waals surface area contributed by atoms with E-state index in [9.17, 15) is 9.59 Å². The van der Waals surface area contributed by atoms with E-state index in [0.29, 0.717) is 17.3 Å². The number of nitrogens with zero attached hydrogens (tertiary/aromatic N) is 3. The van der Waals surface area contributed by atoms with Crippen LogP contribution in [0.3, 0.4) is 0 Å². The van der Waals surface area contributed by atoms with E-state index < -0.39 is 0 Å². The van der Waals surface area contributed by atoms with Crippen LogP contribution in [0.2, 0.25) is 0 Å².